The van der Waals surface area contributed by atoms with Crippen molar-refractivity contribution in [3.8, 4) is 0 Å². The van der Waals surface area contributed by atoms with Crippen molar-refractivity contribution < 1.29 is 22.7 Å². The lowest BCUT2D eigenvalue weighted by molar-refractivity contribution is -0.188. The fraction of sp³-hybridized carbons (Fsp3) is 0.667. The van der Waals surface area contributed by atoms with Crippen LogP contribution in [-0.2, 0) is 4.74 Å². The molecule has 1 amide bonds. The standard InChI is InChI=1S/C15H20F3NO2S/c1-9-6-13(22-10(9)2)14(20)19-11-4-3-5-12(7-11)21-8-15(16,17)18/h6,11-12H,3-5,7-8H2,1-2H3,(H,19,20). The minimum absolute atomic E-state index is 0.123. The number of thiophene rings is 1. The van der Waals surface area contributed by atoms with Crippen LogP contribution in [0.4, 0.5) is 13.2 Å². The van der Waals surface area contributed by atoms with Crippen molar-refractivity contribution in [2.45, 2.75) is 57.9 Å². The van der Waals surface area contributed by atoms with Crippen molar-refractivity contribution in [3.05, 3.63) is 21.4 Å². The van der Waals surface area contributed by atoms with Gasteiger partial charge in [-0.25, -0.2) is 0 Å². The van der Waals surface area contributed by atoms with Crippen LogP contribution in [0, 0.1) is 13.8 Å². The average Bonchev–Trinajstić information content (AvgIpc) is 2.76. The first-order chi connectivity index (χ1) is 10.2. The Morgan fingerprint density at radius 1 is 1.41 bits per heavy atom. The third-order valence-corrected chi connectivity index (χ3v) is 4.99. The van der Waals surface area contributed by atoms with E-state index in [4.69, 9.17) is 4.74 Å². The van der Waals surface area contributed by atoms with Crippen molar-refractivity contribution in [1.82, 2.24) is 5.32 Å². The lowest BCUT2D eigenvalue weighted by atomic mass is 9.92. The van der Waals surface area contributed by atoms with Crippen LogP contribution in [0.1, 0.15) is 45.8 Å². The largest absolute Gasteiger partial charge is 0.411 e. The molecule has 0 saturated heterocycles. The van der Waals surface area contributed by atoms with Crippen molar-refractivity contribution >= 4 is 17.2 Å². The second-order valence-electron chi connectivity index (χ2n) is 5.74. The molecule has 0 radical (unpaired) electrons. The number of aryl methyl sites for hydroxylation is 2. The predicted molar refractivity (Wildman–Crippen MR) is 79.3 cm³/mol. The van der Waals surface area contributed by atoms with Gasteiger partial charge in [-0.2, -0.15) is 13.2 Å². The maximum Gasteiger partial charge on any atom is 0.411 e. The summed E-state index contributed by atoms with van der Waals surface area (Å²) in [5, 5.41) is 2.91. The molecular weight excluding hydrogens is 315 g/mol. The van der Waals surface area contributed by atoms with E-state index in [1.807, 2.05) is 19.9 Å². The highest BCUT2D eigenvalue weighted by Crippen LogP contribution is 2.25. The van der Waals surface area contributed by atoms with Crippen LogP contribution in [-0.4, -0.2) is 30.8 Å². The highest BCUT2D eigenvalue weighted by Gasteiger charge is 2.31. The van der Waals surface area contributed by atoms with Crippen LogP contribution < -0.4 is 5.32 Å². The van der Waals surface area contributed by atoms with Gasteiger partial charge in [0.2, 0.25) is 0 Å². The van der Waals surface area contributed by atoms with Gasteiger partial charge in [0.05, 0.1) is 11.0 Å². The number of rotatable bonds is 4. The molecule has 3 nitrogen and oxygen atoms in total. The van der Waals surface area contributed by atoms with Gasteiger partial charge in [-0.3, -0.25) is 4.79 Å². The van der Waals surface area contributed by atoms with Gasteiger partial charge in [0.15, 0.2) is 0 Å². The lowest BCUT2D eigenvalue weighted by Crippen LogP contribution is -2.40. The van der Waals surface area contributed by atoms with E-state index in [1.165, 1.54) is 11.3 Å². The molecule has 2 rings (SSSR count). The summed E-state index contributed by atoms with van der Waals surface area (Å²) >= 11 is 1.43. The van der Waals surface area contributed by atoms with E-state index < -0.39 is 18.9 Å². The zero-order valence-corrected chi connectivity index (χ0v) is 13.4. The van der Waals surface area contributed by atoms with Crippen molar-refractivity contribution in [2.24, 2.45) is 0 Å². The quantitative estimate of drug-likeness (QED) is 0.904. The Hall–Kier alpha value is -1.08. The van der Waals surface area contributed by atoms with E-state index in [1.54, 1.807) is 0 Å². The van der Waals surface area contributed by atoms with Gasteiger partial charge in [0, 0.05) is 10.9 Å². The van der Waals surface area contributed by atoms with Gasteiger partial charge < -0.3 is 10.1 Å². The molecule has 1 aromatic heterocycles. The Morgan fingerprint density at radius 3 is 2.73 bits per heavy atom. The van der Waals surface area contributed by atoms with Crippen LogP contribution >= 0.6 is 11.3 Å². The third kappa shape index (κ3) is 4.98. The predicted octanol–water partition coefficient (Wildman–Crippen LogP) is 3.98. The summed E-state index contributed by atoms with van der Waals surface area (Å²) in [5.74, 6) is -0.150. The molecule has 1 aromatic rings. The number of halogens is 3. The maximum absolute atomic E-state index is 12.2. The number of amides is 1. The molecule has 7 heteroatoms. The molecule has 0 bridgehead atoms. The fourth-order valence-electron chi connectivity index (χ4n) is 2.58. The molecule has 1 N–H and O–H groups in total. The number of hydrogen-bond acceptors (Lipinski definition) is 3. The summed E-state index contributed by atoms with van der Waals surface area (Å²) in [4.78, 5) is 13.9. The second-order valence-corrected chi connectivity index (χ2v) is 6.99. The van der Waals surface area contributed by atoms with Gasteiger partial charge in [-0.1, -0.05) is 0 Å². The average molecular weight is 335 g/mol. The molecular formula is C15H20F3NO2S. The summed E-state index contributed by atoms with van der Waals surface area (Å²) < 4.78 is 41.5. The van der Waals surface area contributed by atoms with E-state index in [-0.39, 0.29) is 11.9 Å². The van der Waals surface area contributed by atoms with Crippen LogP contribution in [0.3, 0.4) is 0 Å². The molecule has 1 heterocycles. The molecule has 0 aromatic carbocycles. The molecule has 124 valence electrons. The summed E-state index contributed by atoms with van der Waals surface area (Å²) in [6.07, 6.45) is -2.16. The van der Waals surface area contributed by atoms with E-state index in [2.05, 4.69) is 5.32 Å². The normalized spacial score (nSPS) is 22.6. The molecule has 2 unspecified atom stereocenters. The molecule has 1 fully saturated rings. The molecule has 22 heavy (non-hydrogen) atoms. The highest BCUT2D eigenvalue weighted by atomic mass is 32.1. The van der Waals surface area contributed by atoms with E-state index in [0.717, 1.165) is 23.3 Å². The minimum atomic E-state index is -4.30. The summed E-state index contributed by atoms with van der Waals surface area (Å²) in [7, 11) is 0. The van der Waals surface area contributed by atoms with Gasteiger partial charge in [-0.05, 0) is 51.2 Å². The highest BCUT2D eigenvalue weighted by molar-refractivity contribution is 7.14. The van der Waals surface area contributed by atoms with Crippen LogP contribution in [0.25, 0.3) is 0 Å². The molecule has 2 atom stereocenters. The first-order valence-electron chi connectivity index (χ1n) is 7.31. The lowest BCUT2D eigenvalue weighted by Gasteiger charge is -2.29. The summed E-state index contributed by atoms with van der Waals surface area (Å²) in [6, 6.07) is 1.72. The Labute approximate surface area is 131 Å². The Morgan fingerprint density at radius 2 is 2.14 bits per heavy atom. The summed E-state index contributed by atoms with van der Waals surface area (Å²) in [6.45, 7) is 2.68. The number of alkyl halides is 3. The van der Waals surface area contributed by atoms with Crippen LogP contribution in [0.15, 0.2) is 6.07 Å². The maximum atomic E-state index is 12.2. The number of nitrogens with one attached hydrogen (secondary N) is 1. The Bertz CT molecular complexity index is 508. The Kier molecular flexibility index (Phi) is 5.50. The summed E-state index contributed by atoms with van der Waals surface area (Å²) in [5.41, 5.74) is 1.07. The van der Waals surface area contributed by atoms with Crippen LogP contribution in [0.5, 0.6) is 0 Å². The smallest absolute Gasteiger partial charge is 0.369 e. The number of carbonyl (C=O) groups excluding carboxylic acids is 1. The molecule has 1 aliphatic rings. The third-order valence-electron chi connectivity index (χ3n) is 3.83. The molecule has 1 aliphatic carbocycles. The first-order valence-corrected chi connectivity index (χ1v) is 8.12. The topological polar surface area (TPSA) is 38.3 Å². The number of carbonyl (C=O) groups is 1. The second kappa shape index (κ2) is 7.00. The first kappa shape index (κ1) is 17.3. The monoisotopic (exact) mass is 335 g/mol. The van der Waals surface area contributed by atoms with Gasteiger partial charge in [-0.15, -0.1) is 11.3 Å². The van der Waals surface area contributed by atoms with E-state index in [0.29, 0.717) is 17.7 Å². The Balaban J connectivity index is 1.86. The molecule has 0 aliphatic heterocycles. The van der Waals surface area contributed by atoms with Crippen molar-refractivity contribution in [1.29, 1.82) is 0 Å². The molecule has 1 saturated carbocycles. The van der Waals surface area contributed by atoms with Crippen molar-refractivity contribution in [3.63, 3.8) is 0 Å². The number of hydrogen-bond donors (Lipinski definition) is 1. The SMILES string of the molecule is Cc1cc(C(=O)NC2CCCC(OCC(F)(F)F)C2)sc1C. The van der Waals surface area contributed by atoms with Gasteiger partial charge in [0.25, 0.3) is 5.91 Å². The fourth-order valence-corrected chi connectivity index (χ4v) is 3.52. The van der Waals surface area contributed by atoms with E-state index in [9.17, 15) is 18.0 Å². The number of ether oxygens (including phenoxy) is 1. The zero-order chi connectivity index (χ0) is 16.3. The van der Waals surface area contributed by atoms with Crippen LogP contribution in [0.2, 0.25) is 0 Å². The zero-order valence-electron chi connectivity index (χ0n) is 12.6. The van der Waals surface area contributed by atoms with Gasteiger partial charge >= 0.3 is 6.18 Å². The van der Waals surface area contributed by atoms with Gasteiger partial charge in [0.1, 0.15) is 6.61 Å². The van der Waals surface area contributed by atoms with Crippen molar-refractivity contribution in [2.75, 3.05) is 6.61 Å². The van der Waals surface area contributed by atoms with E-state index >= 15 is 0 Å². The molecule has 0 spiro atoms. The minimum Gasteiger partial charge on any atom is -0.369 e.